The summed E-state index contributed by atoms with van der Waals surface area (Å²) in [5, 5.41) is 11.4. The van der Waals surface area contributed by atoms with Gasteiger partial charge in [0.25, 0.3) is 0 Å². The Morgan fingerprint density at radius 3 is 2.43 bits per heavy atom. The van der Waals surface area contributed by atoms with Crippen molar-refractivity contribution in [2.45, 2.75) is 12.8 Å². The van der Waals surface area contributed by atoms with Gasteiger partial charge in [-0.25, -0.2) is 8.42 Å². The highest BCUT2D eigenvalue weighted by Crippen LogP contribution is 2.44. The predicted octanol–water partition coefficient (Wildman–Crippen LogP) is -1.08. The maximum absolute atomic E-state index is 11.1. The third kappa shape index (κ3) is 3.63. The van der Waals surface area contributed by atoms with Gasteiger partial charge in [-0.15, -0.1) is 0 Å². The van der Waals surface area contributed by atoms with Crippen LogP contribution >= 0.6 is 0 Å². The van der Waals surface area contributed by atoms with Crippen molar-refractivity contribution in [2.75, 3.05) is 25.2 Å². The van der Waals surface area contributed by atoms with Gasteiger partial charge in [-0.05, 0) is 12.8 Å². The van der Waals surface area contributed by atoms with Crippen molar-refractivity contribution in [3.63, 3.8) is 0 Å². The van der Waals surface area contributed by atoms with E-state index in [1.807, 2.05) is 0 Å². The molecule has 1 rings (SSSR count). The molecule has 0 saturated heterocycles. The summed E-state index contributed by atoms with van der Waals surface area (Å²) in [4.78, 5) is 11.1. The summed E-state index contributed by atoms with van der Waals surface area (Å²) in [5.41, 5.74) is -0.173. The standard InChI is InChI=1S/C8H15NO4S/c1-14(12,13)4-7(11)9-5-8(6-10)2-3-8/h10H,2-6H2,1H3,(H,9,11). The molecule has 1 aliphatic carbocycles. The number of amides is 1. The van der Waals surface area contributed by atoms with E-state index >= 15 is 0 Å². The van der Waals surface area contributed by atoms with E-state index in [2.05, 4.69) is 5.32 Å². The van der Waals surface area contributed by atoms with Gasteiger partial charge in [0, 0.05) is 18.2 Å². The fourth-order valence-corrected chi connectivity index (χ4v) is 1.72. The Morgan fingerprint density at radius 2 is 2.07 bits per heavy atom. The zero-order valence-electron chi connectivity index (χ0n) is 8.12. The molecule has 0 aliphatic heterocycles. The largest absolute Gasteiger partial charge is 0.396 e. The lowest BCUT2D eigenvalue weighted by atomic mass is 10.1. The van der Waals surface area contributed by atoms with Gasteiger partial charge in [-0.2, -0.15) is 0 Å². The fraction of sp³-hybridized carbons (Fsp3) is 0.875. The molecule has 2 N–H and O–H groups in total. The highest BCUT2D eigenvalue weighted by Gasteiger charge is 2.42. The number of aliphatic hydroxyl groups is 1. The van der Waals surface area contributed by atoms with Crippen molar-refractivity contribution in [2.24, 2.45) is 5.41 Å². The highest BCUT2D eigenvalue weighted by atomic mass is 32.2. The Kier molecular flexibility index (Phi) is 3.16. The first-order chi connectivity index (χ1) is 6.37. The second-order valence-corrected chi connectivity index (χ2v) is 6.15. The lowest BCUT2D eigenvalue weighted by Gasteiger charge is -2.11. The van der Waals surface area contributed by atoms with E-state index in [0.29, 0.717) is 6.54 Å². The molecule has 5 nitrogen and oxygen atoms in total. The molecular weight excluding hydrogens is 206 g/mol. The molecule has 0 aromatic rings. The molecular formula is C8H15NO4S. The number of hydrogen-bond donors (Lipinski definition) is 2. The highest BCUT2D eigenvalue weighted by molar-refractivity contribution is 7.91. The molecule has 1 aliphatic rings. The van der Waals surface area contributed by atoms with E-state index in [-0.39, 0.29) is 12.0 Å². The van der Waals surface area contributed by atoms with Crippen LogP contribution in [0.15, 0.2) is 0 Å². The third-order valence-electron chi connectivity index (χ3n) is 2.35. The average molecular weight is 221 g/mol. The van der Waals surface area contributed by atoms with Gasteiger partial charge in [0.1, 0.15) is 5.75 Å². The lowest BCUT2D eigenvalue weighted by molar-refractivity contribution is -0.118. The number of carbonyl (C=O) groups is 1. The van der Waals surface area contributed by atoms with Crippen LogP contribution in [0.3, 0.4) is 0 Å². The van der Waals surface area contributed by atoms with Crippen LogP contribution in [0.5, 0.6) is 0 Å². The van der Waals surface area contributed by atoms with Crippen molar-refractivity contribution < 1.29 is 18.3 Å². The average Bonchev–Trinajstić information content (AvgIpc) is 2.78. The van der Waals surface area contributed by atoms with Gasteiger partial charge < -0.3 is 10.4 Å². The van der Waals surface area contributed by atoms with E-state index < -0.39 is 21.5 Å². The molecule has 0 aromatic heterocycles. The Bertz CT molecular complexity index is 318. The van der Waals surface area contributed by atoms with E-state index in [9.17, 15) is 13.2 Å². The maximum Gasteiger partial charge on any atom is 0.235 e. The number of sulfone groups is 1. The smallest absolute Gasteiger partial charge is 0.235 e. The van der Waals surface area contributed by atoms with Crippen molar-refractivity contribution in [1.29, 1.82) is 0 Å². The SMILES string of the molecule is CS(=O)(=O)CC(=O)NCC1(CO)CC1. The van der Waals surface area contributed by atoms with Crippen LogP contribution in [0, 0.1) is 5.41 Å². The first kappa shape index (κ1) is 11.5. The minimum absolute atomic E-state index is 0.0478. The van der Waals surface area contributed by atoms with Crippen LogP contribution in [-0.2, 0) is 14.6 Å². The van der Waals surface area contributed by atoms with Crippen LogP contribution in [0.1, 0.15) is 12.8 Å². The van der Waals surface area contributed by atoms with Crippen LogP contribution in [0.2, 0.25) is 0 Å². The Balaban J connectivity index is 2.29. The summed E-state index contributed by atoms with van der Waals surface area (Å²) >= 11 is 0. The van der Waals surface area contributed by atoms with Crippen molar-refractivity contribution in [3.05, 3.63) is 0 Å². The number of aliphatic hydroxyl groups excluding tert-OH is 1. The summed E-state index contributed by atoms with van der Waals surface area (Å²) in [6.45, 7) is 0.421. The first-order valence-electron chi connectivity index (χ1n) is 4.42. The van der Waals surface area contributed by atoms with E-state index in [0.717, 1.165) is 19.1 Å². The molecule has 14 heavy (non-hydrogen) atoms. The Labute approximate surface area is 83.4 Å². The topological polar surface area (TPSA) is 83.5 Å². The van der Waals surface area contributed by atoms with Gasteiger partial charge in [0.2, 0.25) is 5.91 Å². The number of nitrogens with one attached hydrogen (secondary N) is 1. The summed E-state index contributed by atoms with van der Waals surface area (Å²) in [5.74, 6) is -0.971. The molecule has 1 saturated carbocycles. The van der Waals surface area contributed by atoms with Crippen molar-refractivity contribution in [1.82, 2.24) is 5.32 Å². The minimum atomic E-state index is -3.25. The zero-order valence-corrected chi connectivity index (χ0v) is 8.93. The molecule has 0 spiro atoms. The monoisotopic (exact) mass is 221 g/mol. The lowest BCUT2D eigenvalue weighted by Crippen LogP contribution is -2.35. The molecule has 0 radical (unpaired) electrons. The Hall–Kier alpha value is -0.620. The van der Waals surface area contributed by atoms with Gasteiger partial charge in [-0.1, -0.05) is 0 Å². The number of hydrogen-bond acceptors (Lipinski definition) is 4. The normalized spacial score (nSPS) is 19.0. The van der Waals surface area contributed by atoms with Crippen LogP contribution in [0.4, 0.5) is 0 Å². The van der Waals surface area contributed by atoms with E-state index in [1.165, 1.54) is 0 Å². The molecule has 0 bridgehead atoms. The molecule has 0 unspecified atom stereocenters. The summed E-state index contributed by atoms with van der Waals surface area (Å²) in [6, 6.07) is 0. The summed E-state index contributed by atoms with van der Waals surface area (Å²) < 4.78 is 21.5. The predicted molar refractivity (Wildman–Crippen MR) is 51.5 cm³/mol. The van der Waals surface area contributed by atoms with Crippen LogP contribution in [0.25, 0.3) is 0 Å². The summed E-state index contributed by atoms with van der Waals surface area (Å²) in [7, 11) is -3.25. The van der Waals surface area contributed by atoms with E-state index in [1.54, 1.807) is 0 Å². The van der Waals surface area contributed by atoms with Crippen LogP contribution in [-0.4, -0.2) is 44.6 Å². The first-order valence-corrected chi connectivity index (χ1v) is 6.48. The molecule has 1 fully saturated rings. The molecule has 82 valence electrons. The minimum Gasteiger partial charge on any atom is -0.396 e. The van der Waals surface area contributed by atoms with Gasteiger partial charge in [0.15, 0.2) is 9.84 Å². The molecule has 6 heteroatoms. The van der Waals surface area contributed by atoms with Crippen LogP contribution < -0.4 is 5.32 Å². The van der Waals surface area contributed by atoms with Gasteiger partial charge in [0.05, 0.1) is 6.61 Å². The quantitative estimate of drug-likeness (QED) is 0.618. The van der Waals surface area contributed by atoms with Crippen molar-refractivity contribution in [3.8, 4) is 0 Å². The second kappa shape index (κ2) is 3.86. The summed E-state index contributed by atoms with van der Waals surface area (Å²) in [6.07, 6.45) is 2.80. The van der Waals surface area contributed by atoms with Gasteiger partial charge >= 0.3 is 0 Å². The Morgan fingerprint density at radius 1 is 1.50 bits per heavy atom. The van der Waals surface area contributed by atoms with E-state index in [4.69, 9.17) is 5.11 Å². The molecule has 1 amide bonds. The molecule has 0 heterocycles. The third-order valence-corrected chi connectivity index (χ3v) is 3.13. The second-order valence-electron chi connectivity index (χ2n) is 4.00. The van der Waals surface area contributed by atoms with Gasteiger partial charge in [-0.3, -0.25) is 4.79 Å². The molecule has 0 aromatic carbocycles. The number of carbonyl (C=O) groups excluding carboxylic acids is 1. The van der Waals surface area contributed by atoms with Crippen molar-refractivity contribution >= 4 is 15.7 Å². The fourth-order valence-electron chi connectivity index (χ4n) is 1.14. The maximum atomic E-state index is 11.1. The molecule has 0 atom stereocenters. The zero-order chi connectivity index (χ0) is 10.8. The number of rotatable bonds is 5.